The van der Waals surface area contributed by atoms with E-state index in [4.69, 9.17) is 5.11 Å². The Morgan fingerprint density at radius 2 is 2.05 bits per heavy atom. The number of carboxylic acid groups (broad SMARTS) is 1. The first-order valence-electron chi connectivity index (χ1n) is 7.34. The van der Waals surface area contributed by atoms with Crippen LogP contribution in [0.25, 0.3) is 0 Å². The van der Waals surface area contributed by atoms with Gasteiger partial charge >= 0.3 is 12.0 Å². The number of likely N-dealkylation sites (tertiary alicyclic amines) is 2. The molecule has 0 aromatic rings. The fourth-order valence-electron chi connectivity index (χ4n) is 3.16. The van der Waals surface area contributed by atoms with Gasteiger partial charge in [0.2, 0.25) is 0 Å². The number of nitrogens with zero attached hydrogens (tertiary/aromatic N) is 2. The smallest absolute Gasteiger partial charge is 0.320 e. The number of carbonyl (C=O) groups is 2. The zero-order valence-electron chi connectivity index (χ0n) is 12.0. The Hall–Kier alpha value is -1.30. The van der Waals surface area contributed by atoms with E-state index in [1.807, 2.05) is 4.90 Å². The maximum Gasteiger partial charge on any atom is 0.320 e. The number of hydrogen-bond donors (Lipinski definition) is 2. The van der Waals surface area contributed by atoms with E-state index in [1.165, 1.54) is 0 Å². The molecule has 6 nitrogen and oxygen atoms in total. The monoisotopic (exact) mass is 284 g/mol. The van der Waals surface area contributed by atoms with Crippen molar-refractivity contribution in [1.82, 2.24) is 9.80 Å². The molecule has 0 bridgehead atoms. The molecule has 114 valence electrons. The highest BCUT2D eigenvalue weighted by Crippen LogP contribution is 2.31. The van der Waals surface area contributed by atoms with Crippen LogP contribution in [0.1, 0.15) is 32.6 Å². The maximum atomic E-state index is 12.5. The molecule has 0 radical (unpaired) electrons. The van der Waals surface area contributed by atoms with Crippen LogP contribution in [0.15, 0.2) is 0 Å². The highest BCUT2D eigenvalue weighted by molar-refractivity contribution is 5.79. The molecule has 0 aromatic heterocycles. The summed E-state index contributed by atoms with van der Waals surface area (Å²) in [6.07, 6.45) is 3.26. The summed E-state index contributed by atoms with van der Waals surface area (Å²) in [4.78, 5) is 27.2. The lowest BCUT2D eigenvalue weighted by Gasteiger charge is -2.35. The Balaban J connectivity index is 1.93. The zero-order valence-corrected chi connectivity index (χ0v) is 12.0. The summed E-state index contributed by atoms with van der Waals surface area (Å²) in [5, 5.41) is 18.2. The molecule has 2 N–H and O–H groups in total. The van der Waals surface area contributed by atoms with Crippen LogP contribution in [0.4, 0.5) is 4.79 Å². The molecule has 2 aliphatic rings. The van der Waals surface area contributed by atoms with E-state index in [1.54, 1.807) is 11.8 Å². The first-order valence-corrected chi connectivity index (χ1v) is 7.34. The molecule has 0 spiro atoms. The molecule has 2 rings (SSSR count). The Kier molecular flexibility index (Phi) is 4.52. The van der Waals surface area contributed by atoms with Crippen molar-refractivity contribution in [3.05, 3.63) is 0 Å². The van der Waals surface area contributed by atoms with Crippen LogP contribution in [0.3, 0.4) is 0 Å². The quantitative estimate of drug-likeness (QED) is 0.810. The molecule has 20 heavy (non-hydrogen) atoms. The second-order valence-electron chi connectivity index (χ2n) is 6.29. The van der Waals surface area contributed by atoms with Crippen molar-refractivity contribution in [3.8, 4) is 0 Å². The Morgan fingerprint density at radius 3 is 2.65 bits per heavy atom. The molecule has 0 aliphatic carbocycles. The predicted molar refractivity (Wildman–Crippen MR) is 73.3 cm³/mol. The lowest BCUT2D eigenvalue weighted by atomic mass is 9.90. The normalized spacial score (nSPS) is 30.6. The van der Waals surface area contributed by atoms with Crippen LogP contribution in [0, 0.1) is 11.3 Å². The van der Waals surface area contributed by atoms with Gasteiger partial charge in [-0.15, -0.1) is 0 Å². The van der Waals surface area contributed by atoms with Crippen molar-refractivity contribution in [3.63, 3.8) is 0 Å². The lowest BCUT2D eigenvalue weighted by Crippen LogP contribution is -2.47. The predicted octanol–water partition coefficient (Wildman–Crippen LogP) is 0.997. The van der Waals surface area contributed by atoms with Gasteiger partial charge in [-0.2, -0.15) is 0 Å². The number of piperidine rings is 1. The van der Waals surface area contributed by atoms with Gasteiger partial charge in [0.1, 0.15) is 0 Å². The molecule has 2 atom stereocenters. The van der Waals surface area contributed by atoms with E-state index in [0.717, 1.165) is 25.8 Å². The van der Waals surface area contributed by atoms with Gasteiger partial charge in [-0.05, 0) is 38.5 Å². The number of aliphatic hydroxyl groups is 1. The van der Waals surface area contributed by atoms with Gasteiger partial charge in [-0.25, -0.2) is 4.79 Å². The summed E-state index contributed by atoms with van der Waals surface area (Å²) >= 11 is 0. The number of aliphatic carboxylic acids is 1. The third-order valence-electron chi connectivity index (χ3n) is 4.59. The fraction of sp³-hybridized carbons (Fsp3) is 0.857. The zero-order chi connectivity index (χ0) is 14.8. The van der Waals surface area contributed by atoms with Crippen LogP contribution < -0.4 is 0 Å². The number of amides is 2. The molecule has 2 heterocycles. The number of rotatable bonds is 3. The SMILES string of the molecule is CC1(C(=O)O)CCN(C(=O)N2CCCC(CCO)C2)C1. The molecule has 6 heteroatoms. The molecule has 2 fully saturated rings. The number of urea groups is 1. The van der Waals surface area contributed by atoms with Gasteiger partial charge in [-0.1, -0.05) is 0 Å². The van der Waals surface area contributed by atoms with Gasteiger partial charge in [0, 0.05) is 32.8 Å². The van der Waals surface area contributed by atoms with Crippen molar-refractivity contribution in [2.45, 2.75) is 32.6 Å². The molecule has 2 saturated heterocycles. The van der Waals surface area contributed by atoms with Crippen LogP contribution >= 0.6 is 0 Å². The van der Waals surface area contributed by atoms with Crippen LogP contribution in [0.2, 0.25) is 0 Å². The van der Waals surface area contributed by atoms with Gasteiger partial charge in [0.05, 0.1) is 5.41 Å². The minimum Gasteiger partial charge on any atom is -0.481 e. The fourth-order valence-corrected chi connectivity index (χ4v) is 3.16. The van der Waals surface area contributed by atoms with Crippen molar-refractivity contribution in [2.24, 2.45) is 11.3 Å². The molecular formula is C14H24N2O4. The first-order chi connectivity index (χ1) is 9.46. The van der Waals surface area contributed by atoms with E-state index >= 15 is 0 Å². The molecular weight excluding hydrogens is 260 g/mol. The van der Waals surface area contributed by atoms with Crippen molar-refractivity contribution in [1.29, 1.82) is 0 Å². The molecule has 0 aromatic carbocycles. The third kappa shape index (κ3) is 3.06. The summed E-state index contributed by atoms with van der Waals surface area (Å²) < 4.78 is 0. The highest BCUT2D eigenvalue weighted by Gasteiger charge is 2.43. The van der Waals surface area contributed by atoms with Crippen LogP contribution in [-0.4, -0.2) is 64.8 Å². The third-order valence-corrected chi connectivity index (χ3v) is 4.59. The largest absolute Gasteiger partial charge is 0.481 e. The van der Waals surface area contributed by atoms with Crippen molar-refractivity contribution >= 4 is 12.0 Å². The van der Waals surface area contributed by atoms with Gasteiger partial charge in [-0.3, -0.25) is 4.79 Å². The Morgan fingerprint density at radius 1 is 1.30 bits per heavy atom. The molecule has 2 aliphatic heterocycles. The summed E-state index contributed by atoms with van der Waals surface area (Å²) in [6.45, 7) is 4.09. The molecule has 0 saturated carbocycles. The van der Waals surface area contributed by atoms with E-state index in [-0.39, 0.29) is 12.6 Å². The molecule has 2 unspecified atom stereocenters. The highest BCUT2D eigenvalue weighted by atomic mass is 16.4. The first kappa shape index (κ1) is 15.1. The number of carbonyl (C=O) groups excluding carboxylic acids is 1. The summed E-state index contributed by atoms with van der Waals surface area (Å²) in [7, 11) is 0. The van der Waals surface area contributed by atoms with E-state index < -0.39 is 11.4 Å². The average molecular weight is 284 g/mol. The Bertz CT molecular complexity index is 385. The average Bonchev–Trinajstić information content (AvgIpc) is 2.83. The second kappa shape index (κ2) is 5.99. The summed E-state index contributed by atoms with van der Waals surface area (Å²) in [6, 6.07) is -0.0439. The number of hydrogen-bond acceptors (Lipinski definition) is 3. The Labute approximate surface area is 119 Å². The van der Waals surface area contributed by atoms with E-state index in [0.29, 0.717) is 32.0 Å². The van der Waals surface area contributed by atoms with Crippen molar-refractivity contribution in [2.75, 3.05) is 32.8 Å². The second-order valence-corrected chi connectivity index (χ2v) is 6.29. The number of aliphatic hydroxyl groups excluding tert-OH is 1. The van der Waals surface area contributed by atoms with Crippen LogP contribution in [0.5, 0.6) is 0 Å². The summed E-state index contributed by atoms with van der Waals surface area (Å²) in [5.74, 6) is -0.462. The minimum absolute atomic E-state index is 0.0439. The van der Waals surface area contributed by atoms with Crippen LogP contribution in [-0.2, 0) is 4.79 Å². The van der Waals surface area contributed by atoms with E-state index in [9.17, 15) is 14.7 Å². The maximum absolute atomic E-state index is 12.5. The lowest BCUT2D eigenvalue weighted by molar-refractivity contribution is -0.147. The standard InChI is InChI=1S/C14H24N2O4/c1-14(12(18)19)5-7-16(10-14)13(20)15-6-2-3-11(9-15)4-8-17/h11,17H,2-10H2,1H3,(H,18,19). The topological polar surface area (TPSA) is 81.1 Å². The van der Waals surface area contributed by atoms with Crippen molar-refractivity contribution < 1.29 is 19.8 Å². The molecule has 2 amide bonds. The summed E-state index contributed by atoms with van der Waals surface area (Å²) in [5.41, 5.74) is -0.810. The van der Waals surface area contributed by atoms with E-state index in [2.05, 4.69) is 0 Å². The van der Waals surface area contributed by atoms with Gasteiger partial charge in [0.25, 0.3) is 0 Å². The minimum atomic E-state index is -0.829. The number of carboxylic acids is 1. The van der Waals surface area contributed by atoms with Gasteiger partial charge in [0.15, 0.2) is 0 Å². The van der Waals surface area contributed by atoms with Gasteiger partial charge < -0.3 is 20.0 Å².